The number of nitrogens with zero attached hydrogens (tertiary/aromatic N) is 5. The third-order valence-corrected chi connectivity index (χ3v) is 3.71. The molecule has 2 heterocycles. The Morgan fingerprint density at radius 3 is 2.95 bits per heavy atom. The molecule has 2 rings (SSSR count). The molecule has 0 saturated heterocycles. The normalized spacial score (nSPS) is 10.9. The zero-order chi connectivity index (χ0) is 15.4. The van der Waals surface area contributed by atoms with E-state index in [1.807, 2.05) is 11.6 Å². The first-order chi connectivity index (χ1) is 10.1. The fourth-order valence-corrected chi connectivity index (χ4v) is 2.41. The minimum absolute atomic E-state index is 0.138. The fraction of sp³-hybridized carbons (Fsp3) is 0.462. The molecule has 0 aliphatic carbocycles. The van der Waals surface area contributed by atoms with Crippen LogP contribution in [0.3, 0.4) is 0 Å². The van der Waals surface area contributed by atoms with Crippen molar-refractivity contribution in [3.05, 3.63) is 34.3 Å². The second-order valence-corrected chi connectivity index (χ2v) is 5.43. The molecule has 0 fully saturated rings. The van der Waals surface area contributed by atoms with Gasteiger partial charge in [0.1, 0.15) is 12.4 Å². The van der Waals surface area contributed by atoms with Crippen LogP contribution in [0.1, 0.15) is 23.1 Å². The molecule has 0 aliphatic rings. The van der Waals surface area contributed by atoms with Crippen LogP contribution in [0.5, 0.6) is 0 Å². The van der Waals surface area contributed by atoms with E-state index in [-0.39, 0.29) is 5.91 Å². The Labute approximate surface area is 131 Å². The highest BCUT2D eigenvalue weighted by Crippen LogP contribution is 2.18. The average Bonchev–Trinajstić information content (AvgIpc) is 3.06. The number of carbonyl (C=O) groups excluding carboxylic acids is 1. The molecule has 7 nitrogen and oxygen atoms in total. The minimum atomic E-state index is -0.138. The minimum Gasteiger partial charge on any atom is -0.362 e. The summed E-state index contributed by atoms with van der Waals surface area (Å²) in [6.07, 6.45) is 3.46. The Bertz CT molecular complexity index is 622. The lowest BCUT2D eigenvalue weighted by Crippen LogP contribution is -2.28. The number of ether oxygens (including phenoxy) is 1. The SMILES string of the molecule is CCn1ncc(Br)c1CN(C)C(=O)c1ccn(COC)n1. The summed E-state index contributed by atoms with van der Waals surface area (Å²) in [5.41, 5.74) is 1.36. The maximum absolute atomic E-state index is 12.4. The Morgan fingerprint density at radius 2 is 2.29 bits per heavy atom. The molecule has 0 saturated carbocycles. The third kappa shape index (κ3) is 3.51. The molecule has 0 bridgehead atoms. The van der Waals surface area contributed by atoms with E-state index in [1.54, 1.807) is 42.2 Å². The van der Waals surface area contributed by atoms with E-state index in [4.69, 9.17) is 4.74 Å². The highest BCUT2D eigenvalue weighted by molar-refractivity contribution is 9.10. The van der Waals surface area contributed by atoms with Gasteiger partial charge in [-0.25, -0.2) is 4.68 Å². The van der Waals surface area contributed by atoms with Crippen molar-refractivity contribution >= 4 is 21.8 Å². The van der Waals surface area contributed by atoms with Gasteiger partial charge in [0.05, 0.1) is 22.9 Å². The highest BCUT2D eigenvalue weighted by Gasteiger charge is 2.18. The molecule has 1 amide bonds. The predicted octanol–water partition coefficient (Wildman–Crippen LogP) is 1.74. The molecular formula is C13H18BrN5O2. The topological polar surface area (TPSA) is 65.2 Å². The van der Waals surface area contributed by atoms with Gasteiger partial charge in [0.15, 0.2) is 0 Å². The first-order valence-corrected chi connectivity index (χ1v) is 7.34. The molecule has 0 spiro atoms. The first-order valence-electron chi connectivity index (χ1n) is 6.54. The van der Waals surface area contributed by atoms with Crippen LogP contribution in [0.15, 0.2) is 22.9 Å². The van der Waals surface area contributed by atoms with Gasteiger partial charge in [-0.3, -0.25) is 9.48 Å². The van der Waals surface area contributed by atoms with Gasteiger partial charge < -0.3 is 9.64 Å². The van der Waals surface area contributed by atoms with Gasteiger partial charge in [-0.1, -0.05) is 0 Å². The zero-order valence-electron chi connectivity index (χ0n) is 12.3. The zero-order valence-corrected chi connectivity index (χ0v) is 13.9. The summed E-state index contributed by atoms with van der Waals surface area (Å²) in [6.45, 7) is 3.55. The van der Waals surface area contributed by atoms with E-state index < -0.39 is 0 Å². The van der Waals surface area contributed by atoms with Gasteiger partial charge in [0.2, 0.25) is 0 Å². The van der Waals surface area contributed by atoms with Gasteiger partial charge >= 0.3 is 0 Å². The molecule has 0 aromatic carbocycles. The van der Waals surface area contributed by atoms with Gasteiger partial charge in [-0.05, 0) is 28.9 Å². The molecule has 2 aromatic heterocycles. The number of amides is 1. The van der Waals surface area contributed by atoms with Crippen molar-refractivity contribution in [1.29, 1.82) is 0 Å². The molecular weight excluding hydrogens is 338 g/mol. The van der Waals surface area contributed by atoms with Crippen LogP contribution in [-0.2, 0) is 24.6 Å². The molecule has 0 unspecified atom stereocenters. The van der Waals surface area contributed by atoms with Crippen LogP contribution < -0.4 is 0 Å². The van der Waals surface area contributed by atoms with E-state index in [2.05, 4.69) is 26.1 Å². The van der Waals surface area contributed by atoms with Gasteiger partial charge in [0, 0.05) is 26.9 Å². The molecule has 0 atom stereocenters. The van der Waals surface area contributed by atoms with Gasteiger partial charge in [0.25, 0.3) is 5.91 Å². The van der Waals surface area contributed by atoms with Gasteiger partial charge in [-0.2, -0.15) is 10.2 Å². The Hall–Kier alpha value is -1.67. The van der Waals surface area contributed by atoms with Crippen LogP contribution in [0.2, 0.25) is 0 Å². The molecule has 0 radical (unpaired) electrons. The van der Waals surface area contributed by atoms with E-state index in [0.717, 1.165) is 16.7 Å². The number of carbonyl (C=O) groups is 1. The molecule has 21 heavy (non-hydrogen) atoms. The summed E-state index contributed by atoms with van der Waals surface area (Å²) in [5.74, 6) is -0.138. The molecule has 8 heteroatoms. The quantitative estimate of drug-likeness (QED) is 0.791. The van der Waals surface area contributed by atoms with Crippen molar-refractivity contribution in [2.75, 3.05) is 14.2 Å². The standard InChI is InChI=1S/C13H18BrN5O2/c1-4-19-12(10(14)7-15-19)8-17(2)13(20)11-5-6-18(16-11)9-21-3/h5-7H,4,8-9H2,1-3H3. The van der Waals surface area contributed by atoms with Crippen molar-refractivity contribution in [2.45, 2.75) is 26.7 Å². The number of halogens is 1. The molecule has 0 aliphatic heterocycles. The third-order valence-electron chi connectivity index (χ3n) is 3.05. The average molecular weight is 356 g/mol. The van der Waals surface area contributed by atoms with Crippen LogP contribution in [0.4, 0.5) is 0 Å². The van der Waals surface area contributed by atoms with Crippen molar-refractivity contribution in [3.63, 3.8) is 0 Å². The summed E-state index contributed by atoms with van der Waals surface area (Å²) in [6, 6.07) is 1.68. The van der Waals surface area contributed by atoms with Crippen molar-refractivity contribution < 1.29 is 9.53 Å². The van der Waals surface area contributed by atoms with Gasteiger partial charge in [-0.15, -0.1) is 0 Å². The van der Waals surface area contributed by atoms with Crippen LogP contribution in [0, 0.1) is 0 Å². The highest BCUT2D eigenvalue weighted by atomic mass is 79.9. The van der Waals surface area contributed by atoms with E-state index in [0.29, 0.717) is 19.0 Å². The van der Waals surface area contributed by atoms with Crippen molar-refractivity contribution in [3.8, 4) is 0 Å². The van der Waals surface area contributed by atoms with Crippen LogP contribution in [0.25, 0.3) is 0 Å². The Kier molecular flexibility index (Phi) is 5.13. The number of hydrogen-bond acceptors (Lipinski definition) is 4. The first kappa shape index (κ1) is 15.7. The molecule has 0 N–H and O–H groups in total. The van der Waals surface area contributed by atoms with E-state index >= 15 is 0 Å². The summed E-state index contributed by atoms with van der Waals surface area (Å²) < 4.78 is 9.30. The van der Waals surface area contributed by atoms with Crippen LogP contribution >= 0.6 is 15.9 Å². The van der Waals surface area contributed by atoms with Crippen molar-refractivity contribution in [1.82, 2.24) is 24.5 Å². The molecule has 114 valence electrons. The second kappa shape index (κ2) is 6.86. The number of aryl methyl sites for hydroxylation is 1. The summed E-state index contributed by atoms with van der Waals surface area (Å²) in [5, 5.41) is 8.42. The van der Waals surface area contributed by atoms with E-state index in [9.17, 15) is 4.79 Å². The summed E-state index contributed by atoms with van der Waals surface area (Å²) >= 11 is 3.46. The lowest BCUT2D eigenvalue weighted by Gasteiger charge is -2.17. The number of methoxy groups -OCH3 is 1. The predicted molar refractivity (Wildman–Crippen MR) is 80.6 cm³/mol. The summed E-state index contributed by atoms with van der Waals surface area (Å²) in [7, 11) is 3.33. The maximum Gasteiger partial charge on any atom is 0.274 e. The lowest BCUT2D eigenvalue weighted by molar-refractivity contribution is 0.0769. The van der Waals surface area contributed by atoms with E-state index in [1.165, 1.54) is 0 Å². The Balaban J connectivity index is 2.09. The fourth-order valence-electron chi connectivity index (χ4n) is 1.99. The second-order valence-electron chi connectivity index (χ2n) is 4.57. The maximum atomic E-state index is 12.4. The smallest absolute Gasteiger partial charge is 0.274 e. The number of hydrogen-bond donors (Lipinski definition) is 0. The number of rotatable bonds is 6. The Morgan fingerprint density at radius 1 is 1.52 bits per heavy atom. The largest absolute Gasteiger partial charge is 0.362 e. The molecule has 2 aromatic rings. The van der Waals surface area contributed by atoms with Crippen LogP contribution in [-0.4, -0.2) is 44.5 Å². The monoisotopic (exact) mass is 355 g/mol. The number of aromatic nitrogens is 4. The summed E-state index contributed by atoms with van der Waals surface area (Å²) in [4.78, 5) is 14.0. The lowest BCUT2D eigenvalue weighted by atomic mass is 10.3. The van der Waals surface area contributed by atoms with Crippen molar-refractivity contribution in [2.24, 2.45) is 0 Å².